The van der Waals surface area contributed by atoms with Crippen molar-refractivity contribution < 1.29 is 9.50 Å². The fourth-order valence-electron chi connectivity index (χ4n) is 3.39. The maximum atomic E-state index is 14.0. The van der Waals surface area contributed by atoms with Gasteiger partial charge in [-0.3, -0.25) is 4.90 Å². The largest absolute Gasteiger partial charge is 0.392 e. The summed E-state index contributed by atoms with van der Waals surface area (Å²) >= 11 is 0. The minimum absolute atomic E-state index is 0.0621. The molecule has 134 valence electrons. The molecule has 0 radical (unpaired) electrons. The summed E-state index contributed by atoms with van der Waals surface area (Å²) in [5.41, 5.74) is 2.10. The molecular formula is C19H25FN4O. The molecule has 1 aromatic carbocycles. The number of hydrogen-bond donors (Lipinski definition) is 1. The van der Waals surface area contributed by atoms with Crippen LogP contribution in [0.5, 0.6) is 0 Å². The summed E-state index contributed by atoms with van der Waals surface area (Å²) in [6.07, 6.45) is 3.22. The van der Waals surface area contributed by atoms with Crippen LogP contribution in [0.4, 0.5) is 4.39 Å². The molecule has 2 aromatic rings. The molecule has 1 aromatic heterocycles. The SMILES string of the molecule is CN(Cc1ccc(CO)cc1)C[C@@H]1C[C@H](F)CN1Cc1ncccn1. The van der Waals surface area contributed by atoms with Crippen molar-refractivity contribution in [2.24, 2.45) is 0 Å². The fraction of sp³-hybridized carbons (Fsp3) is 0.474. The van der Waals surface area contributed by atoms with Crippen molar-refractivity contribution in [2.75, 3.05) is 20.1 Å². The van der Waals surface area contributed by atoms with Crippen LogP contribution in [0.2, 0.25) is 0 Å². The molecule has 1 fully saturated rings. The lowest BCUT2D eigenvalue weighted by molar-refractivity contribution is 0.177. The molecule has 0 spiro atoms. The molecule has 1 aliphatic heterocycles. The lowest BCUT2D eigenvalue weighted by atomic mass is 10.1. The van der Waals surface area contributed by atoms with Gasteiger partial charge in [0.25, 0.3) is 0 Å². The summed E-state index contributed by atoms with van der Waals surface area (Å²) in [5.74, 6) is 0.740. The number of aliphatic hydroxyl groups is 1. The summed E-state index contributed by atoms with van der Waals surface area (Å²) in [5, 5.41) is 9.11. The van der Waals surface area contributed by atoms with E-state index in [1.165, 1.54) is 5.56 Å². The van der Waals surface area contributed by atoms with Crippen molar-refractivity contribution in [3.63, 3.8) is 0 Å². The Hall–Kier alpha value is -1.89. The monoisotopic (exact) mass is 344 g/mol. The van der Waals surface area contributed by atoms with E-state index < -0.39 is 6.17 Å². The van der Waals surface area contributed by atoms with Crippen molar-refractivity contribution in [2.45, 2.75) is 38.3 Å². The zero-order valence-corrected chi connectivity index (χ0v) is 14.6. The van der Waals surface area contributed by atoms with Gasteiger partial charge in [-0.2, -0.15) is 0 Å². The normalized spacial score (nSPS) is 21.1. The molecule has 5 nitrogen and oxygen atoms in total. The second kappa shape index (κ2) is 8.47. The fourth-order valence-corrected chi connectivity index (χ4v) is 3.39. The number of likely N-dealkylation sites (N-methyl/N-ethyl adjacent to an activating group) is 1. The molecule has 0 unspecified atom stereocenters. The van der Waals surface area contributed by atoms with E-state index in [0.717, 1.165) is 24.5 Å². The predicted octanol–water partition coefficient (Wildman–Crippen LogP) is 2.01. The molecule has 1 aliphatic rings. The molecule has 0 saturated carbocycles. The van der Waals surface area contributed by atoms with Gasteiger partial charge in [-0.15, -0.1) is 0 Å². The van der Waals surface area contributed by atoms with Gasteiger partial charge in [0.05, 0.1) is 13.2 Å². The Balaban J connectivity index is 1.57. The van der Waals surface area contributed by atoms with Crippen molar-refractivity contribution in [1.82, 2.24) is 19.8 Å². The van der Waals surface area contributed by atoms with Crippen LogP contribution in [-0.2, 0) is 19.7 Å². The van der Waals surface area contributed by atoms with Crippen LogP contribution in [0.15, 0.2) is 42.7 Å². The summed E-state index contributed by atoms with van der Waals surface area (Å²) in [7, 11) is 2.06. The number of halogens is 1. The summed E-state index contributed by atoms with van der Waals surface area (Å²) in [6, 6.07) is 9.90. The van der Waals surface area contributed by atoms with Crippen LogP contribution in [0.1, 0.15) is 23.4 Å². The van der Waals surface area contributed by atoms with Gasteiger partial charge < -0.3 is 10.0 Å². The second-order valence-corrected chi connectivity index (χ2v) is 6.75. The maximum absolute atomic E-state index is 14.0. The van der Waals surface area contributed by atoms with E-state index in [1.807, 2.05) is 24.3 Å². The highest BCUT2D eigenvalue weighted by Crippen LogP contribution is 2.23. The third-order valence-corrected chi connectivity index (χ3v) is 4.62. The number of aliphatic hydroxyl groups excluding tert-OH is 1. The van der Waals surface area contributed by atoms with Gasteiger partial charge in [0.15, 0.2) is 0 Å². The first-order valence-corrected chi connectivity index (χ1v) is 8.65. The molecule has 1 saturated heterocycles. The van der Waals surface area contributed by atoms with E-state index in [-0.39, 0.29) is 12.6 Å². The van der Waals surface area contributed by atoms with Gasteiger partial charge in [-0.25, -0.2) is 14.4 Å². The number of rotatable bonds is 7. The average molecular weight is 344 g/mol. The highest BCUT2D eigenvalue weighted by molar-refractivity contribution is 5.21. The number of nitrogens with zero attached hydrogens (tertiary/aromatic N) is 4. The van der Waals surface area contributed by atoms with Crippen LogP contribution in [-0.4, -0.2) is 57.2 Å². The molecular weight excluding hydrogens is 319 g/mol. The first-order valence-electron chi connectivity index (χ1n) is 8.65. The summed E-state index contributed by atoms with van der Waals surface area (Å²) in [6.45, 7) is 2.70. The Morgan fingerprint density at radius 2 is 1.88 bits per heavy atom. The Morgan fingerprint density at radius 1 is 1.20 bits per heavy atom. The molecule has 2 atom stereocenters. The predicted molar refractivity (Wildman–Crippen MR) is 94.4 cm³/mol. The van der Waals surface area contributed by atoms with Crippen molar-refractivity contribution in [3.8, 4) is 0 Å². The smallest absolute Gasteiger partial charge is 0.142 e. The van der Waals surface area contributed by atoms with Crippen molar-refractivity contribution in [3.05, 3.63) is 59.7 Å². The van der Waals surface area contributed by atoms with Gasteiger partial charge in [0.2, 0.25) is 0 Å². The van der Waals surface area contributed by atoms with Crippen LogP contribution < -0.4 is 0 Å². The molecule has 0 bridgehead atoms. The number of hydrogen-bond acceptors (Lipinski definition) is 5. The van der Waals surface area contributed by atoms with E-state index in [1.54, 1.807) is 18.5 Å². The zero-order valence-electron chi connectivity index (χ0n) is 14.6. The lowest BCUT2D eigenvalue weighted by Gasteiger charge is -2.28. The zero-order chi connectivity index (χ0) is 17.6. The highest BCUT2D eigenvalue weighted by Gasteiger charge is 2.33. The number of aromatic nitrogens is 2. The molecule has 0 amide bonds. The quantitative estimate of drug-likeness (QED) is 0.833. The topological polar surface area (TPSA) is 52.5 Å². The third-order valence-electron chi connectivity index (χ3n) is 4.62. The number of likely N-dealkylation sites (tertiary alicyclic amines) is 1. The van der Waals surface area contributed by atoms with Gasteiger partial charge in [-0.1, -0.05) is 24.3 Å². The lowest BCUT2D eigenvalue weighted by Crippen LogP contribution is -2.38. The van der Waals surface area contributed by atoms with Crippen LogP contribution in [0.3, 0.4) is 0 Å². The molecule has 6 heteroatoms. The van der Waals surface area contributed by atoms with E-state index in [0.29, 0.717) is 19.5 Å². The minimum Gasteiger partial charge on any atom is -0.392 e. The van der Waals surface area contributed by atoms with Crippen molar-refractivity contribution >= 4 is 0 Å². The molecule has 2 heterocycles. The Morgan fingerprint density at radius 3 is 2.56 bits per heavy atom. The second-order valence-electron chi connectivity index (χ2n) is 6.75. The maximum Gasteiger partial charge on any atom is 0.142 e. The molecule has 0 aliphatic carbocycles. The van der Waals surface area contributed by atoms with Crippen LogP contribution in [0, 0.1) is 0 Å². The van der Waals surface area contributed by atoms with E-state index >= 15 is 0 Å². The molecule has 3 rings (SSSR count). The Bertz CT molecular complexity index is 652. The van der Waals surface area contributed by atoms with Gasteiger partial charge in [0, 0.05) is 38.1 Å². The summed E-state index contributed by atoms with van der Waals surface area (Å²) in [4.78, 5) is 12.9. The molecule has 25 heavy (non-hydrogen) atoms. The average Bonchev–Trinajstić information content (AvgIpc) is 2.95. The minimum atomic E-state index is -0.786. The summed E-state index contributed by atoms with van der Waals surface area (Å²) < 4.78 is 14.0. The Kier molecular flexibility index (Phi) is 6.07. The first-order chi connectivity index (χ1) is 12.1. The van der Waals surface area contributed by atoms with E-state index in [9.17, 15) is 4.39 Å². The number of benzene rings is 1. The highest BCUT2D eigenvalue weighted by atomic mass is 19.1. The first kappa shape index (κ1) is 17.9. The third kappa shape index (κ3) is 5.04. The van der Waals surface area contributed by atoms with Crippen molar-refractivity contribution in [1.29, 1.82) is 0 Å². The Labute approximate surface area is 148 Å². The van der Waals surface area contributed by atoms with Gasteiger partial charge in [-0.05, 0) is 30.7 Å². The van der Waals surface area contributed by atoms with Crippen LogP contribution >= 0.6 is 0 Å². The van der Waals surface area contributed by atoms with E-state index in [4.69, 9.17) is 5.11 Å². The van der Waals surface area contributed by atoms with Crippen LogP contribution in [0.25, 0.3) is 0 Å². The standard InChI is InChI=1S/C19H25FN4O/c1-23(10-15-3-5-16(14-25)6-4-15)12-18-9-17(20)11-24(18)13-19-21-7-2-8-22-19/h2-8,17-18,25H,9-14H2,1H3/t17-,18-/m0/s1. The number of alkyl halides is 1. The van der Waals surface area contributed by atoms with Gasteiger partial charge >= 0.3 is 0 Å². The molecule has 1 N–H and O–H groups in total. The van der Waals surface area contributed by atoms with Gasteiger partial charge in [0.1, 0.15) is 12.0 Å². The van der Waals surface area contributed by atoms with E-state index in [2.05, 4.69) is 26.8 Å².